The number of thiazole rings is 1. The number of hydrogen-bond donors (Lipinski definition) is 2. The second-order valence-corrected chi connectivity index (χ2v) is 7.31. The summed E-state index contributed by atoms with van der Waals surface area (Å²) in [5.41, 5.74) is 3.27. The average molecular weight is 304 g/mol. The van der Waals surface area contributed by atoms with Gasteiger partial charge >= 0.3 is 0 Å². The zero-order chi connectivity index (χ0) is 15.5. The highest BCUT2D eigenvalue weighted by Crippen LogP contribution is 2.25. The molecule has 1 heterocycles. The Morgan fingerprint density at radius 1 is 1.33 bits per heavy atom. The van der Waals surface area contributed by atoms with E-state index in [1.165, 1.54) is 5.56 Å². The van der Waals surface area contributed by atoms with Crippen molar-refractivity contribution >= 4 is 11.3 Å². The summed E-state index contributed by atoms with van der Waals surface area (Å²) in [7, 11) is 0. The van der Waals surface area contributed by atoms with Crippen LogP contribution in [0.2, 0.25) is 0 Å². The van der Waals surface area contributed by atoms with Crippen LogP contribution in [0.25, 0.3) is 0 Å². The summed E-state index contributed by atoms with van der Waals surface area (Å²) < 4.78 is 0. The van der Waals surface area contributed by atoms with Gasteiger partial charge in [0.1, 0.15) is 0 Å². The number of nitrogens with one attached hydrogen (secondary N) is 1. The maximum atomic E-state index is 10.2. The minimum Gasteiger partial charge on any atom is -0.387 e. The topological polar surface area (TPSA) is 45.1 Å². The molecule has 2 aromatic rings. The fourth-order valence-corrected chi connectivity index (χ4v) is 2.97. The molecule has 0 saturated heterocycles. The van der Waals surface area contributed by atoms with Crippen LogP contribution >= 0.6 is 11.3 Å². The highest BCUT2D eigenvalue weighted by molar-refractivity contribution is 7.09. The number of rotatable bonds is 5. The zero-order valence-corrected chi connectivity index (χ0v) is 14.0. The van der Waals surface area contributed by atoms with Crippen molar-refractivity contribution in [3.05, 3.63) is 51.5 Å². The summed E-state index contributed by atoms with van der Waals surface area (Å²) in [6.07, 6.45) is -0.481. The van der Waals surface area contributed by atoms with E-state index in [1.54, 1.807) is 11.3 Å². The lowest BCUT2D eigenvalue weighted by Crippen LogP contribution is -2.21. The van der Waals surface area contributed by atoms with Gasteiger partial charge in [0.2, 0.25) is 0 Å². The molecule has 0 bridgehead atoms. The molecule has 3 nitrogen and oxygen atoms in total. The van der Waals surface area contributed by atoms with E-state index in [-0.39, 0.29) is 5.41 Å². The lowest BCUT2D eigenvalue weighted by Gasteiger charge is -2.14. The van der Waals surface area contributed by atoms with Crippen molar-refractivity contribution in [2.24, 2.45) is 0 Å². The lowest BCUT2D eigenvalue weighted by molar-refractivity contribution is 0.174. The van der Waals surface area contributed by atoms with Crippen molar-refractivity contribution in [1.29, 1.82) is 0 Å². The molecule has 0 amide bonds. The molecule has 2 N–H and O–H groups in total. The van der Waals surface area contributed by atoms with Crippen LogP contribution in [0.1, 0.15) is 48.7 Å². The second kappa shape index (κ2) is 6.69. The maximum Gasteiger partial charge on any atom is 0.0982 e. The molecule has 2 rings (SSSR count). The fraction of sp³-hybridized carbons (Fsp3) is 0.471. The van der Waals surface area contributed by atoms with E-state index in [0.29, 0.717) is 13.1 Å². The van der Waals surface area contributed by atoms with Crippen molar-refractivity contribution < 1.29 is 5.11 Å². The summed E-state index contributed by atoms with van der Waals surface area (Å²) in [6, 6.07) is 7.99. The molecule has 0 aliphatic heterocycles. The van der Waals surface area contributed by atoms with Crippen molar-refractivity contribution in [3.63, 3.8) is 0 Å². The van der Waals surface area contributed by atoms with Gasteiger partial charge in [-0.3, -0.25) is 0 Å². The number of benzene rings is 1. The monoisotopic (exact) mass is 304 g/mol. The van der Waals surface area contributed by atoms with Crippen LogP contribution in [-0.4, -0.2) is 16.6 Å². The molecule has 0 aliphatic carbocycles. The van der Waals surface area contributed by atoms with E-state index in [1.807, 2.05) is 31.2 Å². The van der Waals surface area contributed by atoms with E-state index in [9.17, 15) is 5.11 Å². The first-order valence-electron chi connectivity index (χ1n) is 7.26. The highest BCUT2D eigenvalue weighted by atomic mass is 32.1. The van der Waals surface area contributed by atoms with E-state index in [4.69, 9.17) is 0 Å². The van der Waals surface area contributed by atoms with E-state index in [2.05, 4.69) is 36.5 Å². The maximum absolute atomic E-state index is 10.2. The average Bonchev–Trinajstić information content (AvgIpc) is 2.87. The minimum absolute atomic E-state index is 0.101. The number of aromatic nitrogens is 1. The van der Waals surface area contributed by atoms with Crippen LogP contribution in [0.15, 0.2) is 29.6 Å². The normalized spacial score (nSPS) is 13.4. The SMILES string of the molecule is Cc1cccc(C(O)CNCc2csc(C(C)(C)C)n2)c1. The van der Waals surface area contributed by atoms with Gasteiger partial charge in [0.25, 0.3) is 0 Å². The molecule has 0 saturated carbocycles. The van der Waals surface area contributed by atoms with Crippen molar-refractivity contribution in [1.82, 2.24) is 10.3 Å². The molecule has 1 atom stereocenters. The molecule has 21 heavy (non-hydrogen) atoms. The van der Waals surface area contributed by atoms with Crippen molar-refractivity contribution in [2.45, 2.75) is 45.8 Å². The number of hydrogen-bond acceptors (Lipinski definition) is 4. The summed E-state index contributed by atoms with van der Waals surface area (Å²) in [5.74, 6) is 0. The Labute approximate surface area is 131 Å². The summed E-state index contributed by atoms with van der Waals surface area (Å²) in [5, 5.41) is 16.7. The third kappa shape index (κ3) is 4.63. The van der Waals surface area contributed by atoms with E-state index in [0.717, 1.165) is 16.3 Å². The Hall–Kier alpha value is -1.23. The predicted molar refractivity (Wildman–Crippen MR) is 88.7 cm³/mol. The van der Waals surface area contributed by atoms with Gasteiger partial charge in [0.15, 0.2) is 0 Å². The van der Waals surface area contributed by atoms with Gasteiger partial charge in [0, 0.05) is 23.9 Å². The van der Waals surface area contributed by atoms with Crippen LogP contribution in [0.5, 0.6) is 0 Å². The Balaban J connectivity index is 1.85. The largest absolute Gasteiger partial charge is 0.387 e. The quantitative estimate of drug-likeness (QED) is 0.887. The standard InChI is InChI=1S/C17H24N2OS/c1-12-6-5-7-13(8-12)15(20)10-18-9-14-11-21-16(19-14)17(2,3)4/h5-8,11,15,18,20H,9-10H2,1-4H3. The fourth-order valence-electron chi connectivity index (χ4n) is 2.06. The summed E-state index contributed by atoms with van der Waals surface area (Å²) >= 11 is 1.70. The summed E-state index contributed by atoms with van der Waals surface area (Å²) in [4.78, 5) is 4.64. The van der Waals surface area contributed by atoms with E-state index >= 15 is 0 Å². The molecule has 114 valence electrons. The van der Waals surface area contributed by atoms with Crippen LogP contribution in [-0.2, 0) is 12.0 Å². The third-order valence-corrected chi connectivity index (χ3v) is 4.58. The molecule has 0 fully saturated rings. The predicted octanol–water partition coefficient (Wildman–Crippen LogP) is 3.57. The van der Waals surface area contributed by atoms with Gasteiger partial charge in [0.05, 0.1) is 16.8 Å². The Bertz CT molecular complexity index is 586. The Morgan fingerprint density at radius 2 is 2.10 bits per heavy atom. The molecule has 1 unspecified atom stereocenters. The molecule has 0 radical (unpaired) electrons. The molecular formula is C17H24N2OS. The van der Waals surface area contributed by atoms with Crippen molar-refractivity contribution in [3.8, 4) is 0 Å². The smallest absolute Gasteiger partial charge is 0.0982 e. The molecule has 1 aromatic carbocycles. The van der Waals surface area contributed by atoms with Crippen LogP contribution in [0.4, 0.5) is 0 Å². The number of aryl methyl sites for hydroxylation is 1. The van der Waals surface area contributed by atoms with Gasteiger partial charge in [-0.05, 0) is 12.5 Å². The van der Waals surface area contributed by atoms with Crippen molar-refractivity contribution in [2.75, 3.05) is 6.54 Å². The summed E-state index contributed by atoms with van der Waals surface area (Å²) in [6.45, 7) is 9.77. The first kappa shape index (κ1) is 16.1. The Kier molecular flexibility index (Phi) is 5.14. The van der Waals surface area contributed by atoms with Gasteiger partial charge in [-0.25, -0.2) is 4.98 Å². The Morgan fingerprint density at radius 3 is 2.71 bits per heavy atom. The molecule has 1 aromatic heterocycles. The van der Waals surface area contributed by atoms with Crippen LogP contribution in [0.3, 0.4) is 0 Å². The third-order valence-electron chi connectivity index (χ3n) is 3.26. The van der Waals surface area contributed by atoms with Gasteiger partial charge in [-0.2, -0.15) is 0 Å². The van der Waals surface area contributed by atoms with Gasteiger partial charge in [-0.1, -0.05) is 50.6 Å². The minimum atomic E-state index is -0.481. The van der Waals surface area contributed by atoms with E-state index < -0.39 is 6.10 Å². The first-order valence-corrected chi connectivity index (χ1v) is 8.14. The second-order valence-electron chi connectivity index (χ2n) is 6.45. The van der Waals surface area contributed by atoms with Gasteiger partial charge in [-0.15, -0.1) is 11.3 Å². The first-order chi connectivity index (χ1) is 9.86. The number of aliphatic hydroxyl groups is 1. The molecule has 0 aliphatic rings. The number of nitrogens with zero attached hydrogens (tertiary/aromatic N) is 1. The van der Waals surface area contributed by atoms with Crippen LogP contribution < -0.4 is 5.32 Å². The lowest BCUT2D eigenvalue weighted by atomic mass is 9.98. The van der Waals surface area contributed by atoms with Crippen LogP contribution in [0, 0.1) is 6.92 Å². The molecular weight excluding hydrogens is 280 g/mol. The molecule has 4 heteroatoms. The number of aliphatic hydroxyl groups excluding tert-OH is 1. The molecule has 0 spiro atoms. The zero-order valence-electron chi connectivity index (χ0n) is 13.2. The van der Waals surface area contributed by atoms with Gasteiger partial charge < -0.3 is 10.4 Å². The highest BCUT2D eigenvalue weighted by Gasteiger charge is 2.17.